The zero-order valence-electron chi connectivity index (χ0n) is 21.3. The molecule has 40 heavy (non-hydrogen) atoms. The molecule has 1 atom stereocenters. The molecule has 1 aromatic heterocycles. The zero-order valence-corrected chi connectivity index (χ0v) is 21.3. The summed E-state index contributed by atoms with van der Waals surface area (Å²) in [6.07, 6.45) is 0. The first-order valence-corrected chi connectivity index (χ1v) is 13.2. The average molecular weight is 519 g/mol. The van der Waals surface area contributed by atoms with Crippen LogP contribution in [-0.4, -0.2) is 15.4 Å². The van der Waals surface area contributed by atoms with Crippen LogP contribution in [0.4, 0.5) is 5.69 Å². The van der Waals surface area contributed by atoms with Gasteiger partial charge in [0, 0.05) is 11.3 Å². The summed E-state index contributed by atoms with van der Waals surface area (Å²) in [5.74, 6) is 1.11. The van der Waals surface area contributed by atoms with Crippen LogP contribution in [0.1, 0.15) is 17.0 Å². The fourth-order valence-corrected chi connectivity index (χ4v) is 5.82. The van der Waals surface area contributed by atoms with Gasteiger partial charge in [0.05, 0.1) is 22.2 Å². The Morgan fingerprint density at radius 3 is 2.05 bits per heavy atom. The highest BCUT2D eigenvalue weighted by Gasteiger charge is 2.59. The second kappa shape index (κ2) is 8.51. The number of hydrogen-bond donors (Lipinski definition) is 0. The normalized spacial score (nSPS) is 17.0. The van der Waals surface area contributed by atoms with Crippen molar-refractivity contribution in [2.45, 2.75) is 5.72 Å². The van der Waals surface area contributed by atoms with Gasteiger partial charge in [-0.3, -0.25) is 14.3 Å². The lowest BCUT2D eigenvalue weighted by atomic mass is 9.95. The van der Waals surface area contributed by atoms with E-state index in [-0.39, 0.29) is 5.56 Å². The van der Waals surface area contributed by atoms with Crippen LogP contribution >= 0.6 is 0 Å². The van der Waals surface area contributed by atoms with Gasteiger partial charge in [0.15, 0.2) is 11.7 Å². The van der Waals surface area contributed by atoms with E-state index >= 15 is 0 Å². The monoisotopic (exact) mass is 518 g/mol. The van der Waals surface area contributed by atoms with Crippen molar-refractivity contribution in [1.29, 1.82) is 0 Å². The van der Waals surface area contributed by atoms with Crippen LogP contribution in [0.15, 0.2) is 143 Å². The molecular formula is C34H22N4O2. The highest BCUT2D eigenvalue weighted by Crippen LogP contribution is 2.51. The maximum Gasteiger partial charge on any atom is 0.302 e. The molecule has 0 saturated carbocycles. The Morgan fingerprint density at radius 1 is 0.650 bits per heavy atom. The Hall–Kier alpha value is -5.49. The Morgan fingerprint density at radius 2 is 1.30 bits per heavy atom. The summed E-state index contributed by atoms with van der Waals surface area (Å²) in [5.41, 5.74) is 4.52. The molecule has 6 nitrogen and oxygen atoms in total. The van der Waals surface area contributed by atoms with E-state index in [1.54, 1.807) is 4.57 Å². The van der Waals surface area contributed by atoms with Crippen LogP contribution in [0.5, 0.6) is 0 Å². The summed E-state index contributed by atoms with van der Waals surface area (Å²) in [5, 5.41) is 5.25. The molecule has 3 heterocycles. The zero-order chi connectivity index (χ0) is 26.7. The maximum atomic E-state index is 14.1. The van der Waals surface area contributed by atoms with Crippen molar-refractivity contribution in [2.75, 3.05) is 4.90 Å². The lowest BCUT2D eigenvalue weighted by molar-refractivity contribution is 0.0102. The van der Waals surface area contributed by atoms with Crippen molar-refractivity contribution >= 4 is 22.4 Å². The number of oxime groups is 1. The fourth-order valence-electron chi connectivity index (χ4n) is 5.82. The molecule has 2 aliphatic heterocycles. The number of para-hydroxylation sites is 2. The molecule has 0 fully saturated rings. The molecule has 0 aliphatic carbocycles. The Balaban J connectivity index is 1.48. The second-order valence-electron chi connectivity index (χ2n) is 9.88. The van der Waals surface area contributed by atoms with Gasteiger partial charge in [-0.2, -0.15) is 0 Å². The molecule has 190 valence electrons. The largest absolute Gasteiger partial charge is 0.351 e. The number of anilines is 1. The van der Waals surface area contributed by atoms with Gasteiger partial charge >= 0.3 is 5.72 Å². The van der Waals surface area contributed by atoms with Crippen molar-refractivity contribution < 1.29 is 4.84 Å². The molecule has 5 aromatic carbocycles. The van der Waals surface area contributed by atoms with Crippen LogP contribution in [0, 0.1) is 0 Å². The lowest BCUT2D eigenvalue weighted by Gasteiger charge is -2.34. The standard InChI is InChI=1S/C34H22N4O2/c39-32-27-18-10-11-19-29(27)35-33-34(28-22-25(20-21-30(28)37(32)33)23-12-4-1-5-13-23)38(26-16-8-3-9-17-26)31(36-40-34)24-14-6-2-7-15-24/h1-22H. The minimum absolute atomic E-state index is 0.143. The minimum Gasteiger partial charge on any atom is -0.351 e. The Labute approximate surface area is 230 Å². The van der Waals surface area contributed by atoms with Crippen LogP contribution < -0.4 is 10.5 Å². The number of benzene rings is 5. The Kier molecular flexibility index (Phi) is 4.79. The van der Waals surface area contributed by atoms with Gasteiger partial charge < -0.3 is 4.84 Å². The number of amidine groups is 1. The van der Waals surface area contributed by atoms with Gasteiger partial charge in [0.25, 0.3) is 5.56 Å². The smallest absolute Gasteiger partial charge is 0.302 e. The molecule has 0 bridgehead atoms. The van der Waals surface area contributed by atoms with E-state index in [9.17, 15) is 4.79 Å². The molecule has 1 spiro atoms. The van der Waals surface area contributed by atoms with Crippen LogP contribution in [0.3, 0.4) is 0 Å². The lowest BCUT2D eigenvalue weighted by Crippen LogP contribution is -2.48. The molecule has 2 aliphatic rings. The summed E-state index contributed by atoms with van der Waals surface area (Å²) in [6, 6.07) is 43.7. The van der Waals surface area contributed by atoms with E-state index in [2.05, 4.69) is 23.1 Å². The van der Waals surface area contributed by atoms with E-state index < -0.39 is 5.72 Å². The molecule has 0 saturated heterocycles. The first kappa shape index (κ1) is 22.5. The average Bonchev–Trinajstić information content (AvgIpc) is 3.55. The minimum atomic E-state index is -1.31. The summed E-state index contributed by atoms with van der Waals surface area (Å²) >= 11 is 0. The Bertz CT molecular complexity index is 2000. The van der Waals surface area contributed by atoms with Gasteiger partial charge in [-0.05, 0) is 47.5 Å². The summed E-state index contributed by atoms with van der Waals surface area (Å²) in [6.45, 7) is 0. The quantitative estimate of drug-likeness (QED) is 0.270. The number of aromatic nitrogens is 2. The molecule has 8 rings (SSSR count). The molecule has 6 heteroatoms. The first-order valence-electron chi connectivity index (χ1n) is 13.2. The SMILES string of the molecule is O=c1c2ccccc2nc2n1-c1ccc(-c3ccccc3)cc1C21ON=C(c2ccccc2)N1c1ccccc1. The maximum absolute atomic E-state index is 14.1. The van der Waals surface area contributed by atoms with E-state index in [1.807, 2.05) is 115 Å². The van der Waals surface area contributed by atoms with Gasteiger partial charge in [-0.25, -0.2) is 4.98 Å². The molecule has 0 N–H and O–H groups in total. The third kappa shape index (κ3) is 3.07. The molecule has 1 unspecified atom stereocenters. The van der Waals surface area contributed by atoms with Gasteiger partial charge in [0.1, 0.15) is 0 Å². The van der Waals surface area contributed by atoms with Crippen molar-refractivity contribution in [1.82, 2.24) is 9.55 Å². The van der Waals surface area contributed by atoms with Gasteiger partial charge in [0.2, 0.25) is 0 Å². The number of nitrogens with zero attached hydrogens (tertiary/aromatic N) is 4. The number of hydrogen-bond acceptors (Lipinski definition) is 5. The topological polar surface area (TPSA) is 59.7 Å². The van der Waals surface area contributed by atoms with E-state index in [0.29, 0.717) is 22.6 Å². The second-order valence-corrected chi connectivity index (χ2v) is 9.88. The van der Waals surface area contributed by atoms with Crippen molar-refractivity contribution in [3.63, 3.8) is 0 Å². The van der Waals surface area contributed by atoms with E-state index in [0.717, 1.165) is 33.6 Å². The van der Waals surface area contributed by atoms with Crippen LogP contribution in [0.25, 0.3) is 27.7 Å². The molecule has 0 radical (unpaired) electrons. The summed E-state index contributed by atoms with van der Waals surface area (Å²) in [4.78, 5) is 27.8. The summed E-state index contributed by atoms with van der Waals surface area (Å²) in [7, 11) is 0. The molecule has 0 amide bonds. The highest BCUT2D eigenvalue weighted by molar-refractivity contribution is 6.12. The third-order valence-corrected chi connectivity index (χ3v) is 7.63. The fraction of sp³-hybridized carbons (Fsp3) is 0.0294. The van der Waals surface area contributed by atoms with Gasteiger partial charge in [-0.15, -0.1) is 0 Å². The van der Waals surface area contributed by atoms with E-state index in [4.69, 9.17) is 15.0 Å². The predicted molar refractivity (Wildman–Crippen MR) is 157 cm³/mol. The number of rotatable bonds is 3. The summed E-state index contributed by atoms with van der Waals surface area (Å²) < 4.78 is 1.69. The van der Waals surface area contributed by atoms with Crippen molar-refractivity contribution in [3.8, 4) is 16.8 Å². The first-order chi connectivity index (χ1) is 19.8. The highest BCUT2D eigenvalue weighted by atomic mass is 16.7. The van der Waals surface area contributed by atoms with Crippen LogP contribution in [-0.2, 0) is 10.6 Å². The predicted octanol–water partition coefficient (Wildman–Crippen LogP) is 6.47. The van der Waals surface area contributed by atoms with Gasteiger partial charge in [-0.1, -0.05) is 102 Å². The number of fused-ring (bicyclic) bond motifs is 6. The third-order valence-electron chi connectivity index (χ3n) is 7.63. The van der Waals surface area contributed by atoms with Crippen molar-refractivity contribution in [3.05, 3.63) is 161 Å². The molecular weight excluding hydrogens is 496 g/mol. The van der Waals surface area contributed by atoms with E-state index in [1.165, 1.54) is 0 Å². The van der Waals surface area contributed by atoms with Crippen molar-refractivity contribution in [2.24, 2.45) is 5.16 Å². The van der Waals surface area contributed by atoms with Crippen LogP contribution in [0.2, 0.25) is 0 Å². The molecule has 6 aromatic rings.